The van der Waals surface area contributed by atoms with Crippen LogP contribution < -0.4 is 16.8 Å². The van der Waals surface area contributed by atoms with Gasteiger partial charge < -0.3 is 15.5 Å². The molecule has 10 heteroatoms. The predicted octanol–water partition coefficient (Wildman–Crippen LogP) is 2.62. The number of unbranched alkanes of at least 4 members (excludes halogenated alkanes) is 1. The molecule has 0 aliphatic heterocycles. The molecule has 0 saturated carbocycles. The highest BCUT2D eigenvalue weighted by atomic mass is 35.5. The maximum atomic E-state index is 13.0. The van der Waals surface area contributed by atoms with E-state index >= 15 is 0 Å². The van der Waals surface area contributed by atoms with E-state index in [1.807, 2.05) is 0 Å². The summed E-state index contributed by atoms with van der Waals surface area (Å²) in [6, 6.07) is 3.38. The van der Waals surface area contributed by atoms with Crippen LogP contribution in [-0.2, 0) is 6.18 Å². The first kappa shape index (κ1) is 19.0. The lowest BCUT2D eigenvalue weighted by molar-refractivity contribution is -0.136. The average Bonchev–Trinajstić information content (AvgIpc) is 2.89. The molecule has 1 aromatic heterocycles. The number of benzene rings is 1. The molecule has 0 aliphatic carbocycles. The Kier molecular flexibility index (Phi) is 6.64. The van der Waals surface area contributed by atoms with Gasteiger partial charge >= 0.3 is 11.9 Å². The van der Waals surface area contributed by atoms with Gasteiger partial charge in [0.05, 0.1) is 5.56 Å². The van der Waals surface area contributed by atoms with Crippen molar-refractivity contribution in [2.75, 3.05) is 18.4 Å². The molecule has 0 aliphatic rings. The fourth-order valence-electron chi connectivity index (χ4n) is 1.92. The van der Waals surface area contributed by atoms with Crippen molar-refractivity contribution in [3.05, 3.63) is 34.3 Å². The third kappa shape index (κ3) is 5.00. The van der Waals surface area contributed by atoms with E-state index in [9.17, 15) is 18.0 Å². The second-order valence-corrected chi connectivity index (χ2v) is 4.60. The van der Waals surface area contributed by atoms with Crippen molar-refractivity contribution < 1.29 is 17.6 Å². The first-order valence-electron chi connectivity index (χ1n) is 6.63. The molecule has 0 radical (unpaired) electrons. The fraction of sp³-hybridized carbons (Fsp3) is 0.385. The Balaban J connectivity index is 0.00000264. The number of nitrogens with zero attached hydrogens (tertiary/aromatic N) is 1. The fourth-order valence-corrected chi connectivity index (χ4v) is 1.92. The van der Waals surface area contributed by atoms with Crippen LogP contribution in [-0.4, -0.2) is 23.3 Å². The van der Waals surface area contributed by atoms with Gasteiger partial charge in [0.25, 0.3) is 0 Å². The minimum atomic E-state index is -4.48. The summed E-state index contributed by atoms with van der Waals surface area (Å²) in [7, 11) is 0. The molecule has 1 aromatic carbocycles. The average molecular weight is 353 g/mol. The number of anilines is 1. The largest absolute Gasteiger partial charge is 0.434 e. The highest BCUT2D eigenvalue weighted by Gasteiger charge is 2.33. The maximum Gasteiger partial charge on any atom is 0.434 e. The van der Waals surface area contributed by atoms with Gasteiger partial charge in [-0.2, -0.15) is 13.2 Å². The molecule has 0 spiro atoms. The quantitative estimate of drug-likeness (QED) is 0.694. The smallest absolute Gasteiger partial charge is 0.388 e. The van der Waals surface area contributed by atoms with Crippen molar-refractivity contribution in [2.45, 2.75) is 19.0 Å². The number of aromatic amines is 1. The molecule has 4 N–H and O–H groups in total. The monoisotopic (exact) mass is 352 g/mol. The van der Waals surface area contributed by atoms with Gasteiger partial charge in [0.1, 0.15) is 0 Å². The van der Waals surface area contributed by atoms with Gasteiger partial charge in [0.15, 0.2) is 0 Å². The Labute approximate surface area is 135 Å². The normalized spacial score (nSPS) is 11.1. The summed E-state index contributed by atoms with van der Waals surface area (Å²) in [5.74, 6) is -0.837. The lowest BCUT2D eigenvalue weighted by atomic mass is 10.1. The number of H-pyrrole nitrogens is 1. The molecule has 2 rings (SSSR count). The lowest BCUT2D eigenvalue weighted by Crippen LogP contribution is -2.12. The van der Waals surface area contributed by atoms with Crippen molar-refractivity contribution in [2.24, 2.45) is 5.73 Å². The molecular weight excluding hydrogens is 337 g/mol. The van der Waals surface area contributed by atoms with Crippen LogP contribution in [0.3, 0.4) is 0 Å². The van der Waals surface area contributed by atoms with Gasteiger partial charge in [-0.05, 0) is 37.6 Å². The zero-order chi connectivity index (χ0) is 16.2. The Hall–Kier alpha value is -2.00. The highest BCUT2D eigenvalue weighted by molar-refractivity contribution is 5.85. The molecule has 0 unspecified atom stereocenters. The van der Waals surface area contributed by atoms with Crippen LogP contribution in [0, 0.1) is 0 Å². The molecule has 2 aromatic rings. The SMILES string of the molecule is Cl.NCCCCNc1cc(-c2n[nH]c(=O)o2)ccc1C(F)(F)F. The summed E-state index contributed by atoms with van der Waals surface area (Å²) < 4.78 is 43.8. The lowest BCUT2D eigenvalue weighted by Gasteiger charge is -2.15. The van der Waals surface area contributed by atoms with E-state index in [4.69, 9.17) is 10.2 Å². The van der Waals surface area contributed by atoms with Gasteiger partial charge in [-0.1, -0.05) is 0 Å². The Morgan fingerprint density at radius 1 is 1.30 bits per heavy atom. The zero-order valence-corrected chi connectivity index (χ0v) is 12.8. The van der Waals surface area contributed by atoms with Gasteiger partial charge in [-0.3, -0.25) is 0 Å². The number of alkyl halides is 3. The standard InChI is InChI=1S/C13H15F3N4O2.ClH/c14-13(15,16)9-4-3-8(11-19-20-12(21)22-11)7-10(9)18-6-2-1-5-17;/h3-4,7,18H,1-2,5-6,17H2,(H,20,21);1H. The summed E-state index contributed by atoms with van der Waals surface area (Å²) in [5, 5.41) is 8.40. The number of hydrogen-bond donors (Lipinski definition) is 3. The predicted molar refractivity (Wildman–Crippen MR) is 81.6 cm³/mol. The van der Waals surface area contributed by atoms with Gasteiger partial charge in [0.2, 0.25) is 5.89 Å². The third-order valence-electron chi connectivity index (χ3n) is 2.96. The van der Waals surface area contributed by atoms with E-state index in [0.29, 0.717) is 25.9 Å². The van der Waals surface area contributed by atoms with Crippen LogP contribution in [0.5, 0.6) is 0 Å². The topological polar surface area (TPSA) is 96.9 Å². The Morgan fingerprint density at radius 3 is 2.61 bits per heavy atom. The van der Waals surface area contributed by atoms with Crippen molar-refractivity contribution in [3.8, 4) is 11.5 Å². The molecule has 0 bridgehead atoms. The number of nitrogens with two attached hydrogens (primary N) is 1. The molecule has 128 valence electrons. The molecule has 0 atom stereocenters. The van der Waals surface area contributed by atoms with E-state index in [1.54, 1.807) is 0 Å². The molecule has 23 heavy (non-hydrogen) atoms. The minimum absolute atomic E-state index is 0. The first-order valence-corrected chi connectivity index (χ1v) is 6.63. The number of nitrogens with one attached hydrogen (secondary N) is 2. The van der Waals surface area contributed by atoms with Crippen LogP contribution in [0.4, 0.5) is 18.9 Å². The molecular formula is C13H16ClF3N4O2. The van der Waals surface area contributed by atoms with Gasteiger partial charge in [0, 0.05) is 17.8 Å². The van der Waals surface area contributed by atoms with Gasteiger partial charge in [-0.25, -0.2) is 9.89 Å². The number of aromatic nitrogens is 2. The van der Waals surface area contributed by atoms with Crippen LogP contribution in [0.1, 0.15) is 18.4 Å². The summed E-state index contributed by atoms with van der Waals surface area (Å²) in [6.07, 6.45) is -3.13. The van der Waals surface area contributed by atoms with Crippen LogP contribution in [0.25, 0.3) is 11.5 Å². The molecule has 6 nitrogen and oxygen atoms in total. The minimum Gasteiger partial charge on any atom is -0.388 e. The molecule has 0 amide bonds. The summed E-state index contributed by atoms with van der Waals surface area (Å²) in [6.45, 7) is 0.834. The van der Waals surface area contributed by atoms with E-state index in [-0.39, 0.29) is 29.5 Å². The molecule has 0 saturated heterocycles. The van der Waals surface area contributed by atoms with E-state index in [0.717, 1.165) is 6.07 Å². The Morgan fingerprint density at radius 2 is 2.04 bits per heavy atom. The van der Waals surface area contributed by atoms with Crippen LogP contribution in [0.15, 0.2) is 27.4 Å². The van der Waals surface area contributed by atoms with Crippen molar-refractivity contribution in [1.29, 1.82) is 0 Å². The number of halogens is 4. The van der Waals surface area contributed by atoms with Crippen molar-refractivity contribution in [1.82, 2.24) is 10.2 Å². The van der Waals surface area contributed by atoms with Crippen molar-refractivity contribution in [3.63, 3.8) is 0 Å². The van der Waals surface area contributed by atoms with E-state index in [2.05, 4.69) is 15.5 Å². The number of hydrogen-bond acceptors (Lipinski definition) is 5. The van der Waals surface area contributed by atoms with Gasteiger partial charge in [-0.15, -0.1) is 17.5 Å². The van der Waals surface area contributed by atoms with E-state index < -0.39 is 17.5 Å². The number of rotatable bonds is 6. The molecule has 1 heterocycles. The molecule has 0 fully saturated rings. The first-order chi connectivity index (χ1) is 10.4. The summed E-state index contributed by atoms with van der Waals surface area (Å²) >= 11 is 0. The van der Waals surface area contributed by atoms with Crippen molar-refractivity contribution >= 4 is 18.1 Å². The third-order valence-corrected chi connectivity index (χ3v) is 2.96. The second kappa shape index (κ2) is 8.02. The zero-order valence-electron chi connectivity index (χ0n) is 11.9. The summed E-state index contributed by atoms with van der Waals surface area (Å²) in [4.78, 5) is 10.9. The van der Waals surface area contributed by atoms with E-state index in [1.165, 1.54) is 12.1 Å². The second-order valence-electron chi connectivity index (χ2n) is 4.60. The highest BCUT2D eigenvalue weighted by Crippen LogP contribution is 2.36. The van der Waals surface area contributed by atoms with Crippen LogP contribution >= 0.6 is 12.4 Å². The maximum absolute atomic E-state index is 13.0. The summed E-state index contributed by atoms with van der Waals surface area (Å²) in [5.41, 5.74) is 4.74. The Bertz CT molecular complexity index is 684. The van der Waals surface area contributed by atoms with Crippen LogP contribution in [0.2, 0.25) is 0 Å².